The van der Waals surface area contributed by atoms with Crippen LogP contribution in [0, 0.1) is 6.92 Å². The number of aryl methyl sites for hydroxylation is 1. The van der Waals surface area contributed by atoms with Gasteiger partial charge < -0.3 is 14.8 Å². The second-order valence-electron chi connectivity index (χ2n) is 7.47. The highest BCUT2D eigenvalue weighted by Gasteiger charge is 2.21. The first-order chi connectivity index (χ1) is 14.2. The summed E-state index contributed by atoms with van der Waals surface area (Å²) in [5.41, 5.74) is 2.88. The molecule has 1 N–H and O–H groups in total. The van der Waals surface area contributed by atoms with E-state index < -0.39 is 0 Å². The molecule has 4 heterocycles. The number of fused-ring (bicyclic) bond motifs is 2. The van der Waals surface area contributed by atoms with Crippen LogP contribution in [0.5, 0.6) is 0 Å². The van der Waals surface area contributed by atoms with E-state index in [0.29, 0.717) is 13.0 Å². The van der Waals surface area contributed by atoms with Crippen molar-refractivity contribution in [1.29, 1.82) is 0 Å². The number of nitrogens with zero attached hydrogens (tertiary/aromatic N) is 6. The van der Waals surface area contributed by atoms with Crippen molar-refractivity contribution in [3.05, 3.63) is 54.0 Å². The molecule has 4 aromatic rings. The fourth-order valence-corrected chi connectivity index (χ4v) is 4.00. The van der Waals surface area contributed by atoms with Gasteiger partial charge in [-0.1, -0.05) is 18.2 Å². The predicted octanol–water partition coefficient (Wildman–Crippen LogP) is 2.20. The predicted molar refractivity (Wildman–Crippen MR) is 111 cm³/mol. The molecule has 0 aliphatic carbocycles. The van der Waals surface area contributed by atoms with Crippen LogP contribution in [-0.2, 0) is 11.2 Å². The maximum atomic E-state index is 12.9. The molecule has 3 aromatic heterocycles. The summed E-state index contributed by atoms with van der Waals surface area (Å²) >= 11 is 0. The minimum atomic E-state index is 0.176. The normalized spacial score (nSPS) is 15.2. The van der Waals surface area contributed by atoms with Gasteiger partial charge in [-0.3, -0.25) is 4.79 Å². The van der Waals surface area contributed by atoms with Crippen LogP contribution < -0.4 is 4.90 Å². The number of rotatable bonds is 3. The number of amides is 1. The third-order valence-corrected chi connectivity index (χ3v) is 5.59. The zero-order valence-corrected chi connectivity index (χ0v) is 16.4. The summed E-state index contributed by atoms with van der Waals surface area (Å²) < 4.78 is 1.76. The number of carbonyl (C=O) groups excluding carboxylic acids is 1. The molecule has 148 valence electrons. The molecule has 0 spiro atoms. The number of para-hydroxylation sites is 1. The van der Waals surface area contributed by atoms with Crippen LogP contribution in [0.25, 0.3) is 16.6 Å². The lowest BCUT2D eigenvalue weighted by molar-refractivity contribution is -0.130. The van der Waals surface area contributed by atoms with E-state index in [0.717, 1.165) is 59.8 Å². The van der Waals surface area contributed by atoms with E-state index in [9.17, 15) is 4.79 Å². The topological polar surface area (TPSA) is 82.4 Å². The van der Waals surface area contributed by atoms with Crippen LogP contribution in [0.3, 0.4) is 0 Å². The standard InChI is InChI=1S/C21H23N7O/c1-15-23-24-19-7-8-20(25-28(15)19)26-9-4-10-27(12-11-26)21(29)13-16-14-22-18-6-3-2-5-17(16)18/h2-3,5-8,14,22H,4,9-13H2,1H3. The molecule has 8 heteroatoms. The monoisotopic (exact) mass is 389 g/mol. The Bertz CT molecular complexity index is 1180. The van der Waals surface area contributed by atoms with Gasteiger partial charge in [0.2, 0.25) is 5.91 Å². The van der Waals surface area contributed by atoms with Crippen LogP contribution in [0.4, 0.5) is 5.82 Å². The second kappa shape index (κ2) is 7.20. The summed E-state index contributed by atoms with van der Waals surface area (Å²) in [6.45, 7) is 4.99. The van der Waals surface area contributed by atoms with Gasteiger partial charge in [0.05, 0.1) is 6.42 Å². The third kappa shape index (κ3) is 3.30. The minimum Gasteiger partial charge on any atom is -0.361 e. The van der Waals surface area contributed by atoms with E-state index in [-0.39, 0.29) is 5.91 Å². The maximum absolute atomic E-state index is 12.9. The molecule has 0 unspecified atom stereocenters. The van der Waals surface area contributed by atoms with Crippen molar-refractivity contribution in [2.45, 2.75) is 19.8 Å². The van der Waals surface area contributed by atoms with Crippen molar-refractivity contribution < 1.29 is 4.79 Å². The molecule has 0 bridgehead atoms. The van der Waals surface area contributed by atoms with Crippen molar-refractivity contribution in [2.75, 3.05) is 31.1 Å². The molecule has 1 aliphatic heterocycles. The lowest BCUT2D eigenvalue weighted by atomic mass is 10.1. The molecule has 0 saturated carbocycles. The van der Waals surface area contributed by atoms with Gasteiger partial charge in [-0.25, -0.2) is 0 Å². The Morgan fingerprint density at radius 3 is 2.90 bits per heavy atom. The average molecular weight is 389 g/mol. The summed E-state index contributed by atoms with van der Waals surface area (Å²) in [6, 6.07) is 12.0. The second-order valence-corrected chi connectivity index (χ2v) is 7.47. The van der Waals surface area contributed by atoms with Gasteiger partial charge in [-0.2, -0.15) is 4.52 Å². The number of aromatic nitrogens is 5. The lowest BCUT2D eigenvalue weighted by Gasteiger charge is -2.22. The summed E-state index contributed by atoms with van der Waals surface area (Å²) in [6.07, 6.45) is 3.29. The lowest BCUT2D eigenvalue weighted by Crippen LogP contribution is -2.36. The highest BCUT2D eigenvalue weighted by molar-refractivity contribution is 5.88. The number of H-pyrrole nitrogens is 1. The molecule has 1 amide bonds. The van der Waals surface area contributed by atoms with Crippen LogP contribution in [0.1, 0.15) is 17.8 Å². The number of carbonyl (C=O) groups is 1. The molecular weight excluding hydrogens is 366 g/mol. The molecular formula is C21H23N7O. The zero-order chi connectivity index (χ0) is 19.8. The molecule has 0 atom stereocenters. The maximum Gasteiger partial charge on any atom is 0.227 e. The molecule has 0 radical (unpaired) electrons. The molecule has 1 saturated heterocycles. The number of nitrogens with one attached hydrogen (secondary N) is 1. The first kappa shape index (κ1) is 17.7. The summed E-state index contributed by atoms with van der Waals surface area (Å²) in [4.78, 5) is 20.4. The SMILES string of the molecule is Cc1nnc2ccc(N3CCCN(C(=O)Cc4c[nH]c5ccccc45)CC3)nn12. The van der Waals surface area contributed by atoms with Gasteiger partial charge in [-0.15, -0.1) is 15.3 Å². The van der Waals surface area contributed by atoms with E-state index in [2.05, 4.69) is 31.2 Å². The van der Waals surface area contributed by atoms with Crippen molar-refractivity contribution in [3.63, 3.8) is 0 Å². The first-order valence-corrected chi connectivity index (χ1v) is 9.96. The van der Waals surface area contributed by atoms with Crippen molar-refractivity contribution in [3.8, 4) is 0 Å². The molecule has 5 rings (SSSR count). The third-order valence-electron chi connectivity index (χ3n) is 5.59. The summed E-state index contributed by atoms with van der Waals surface area (Å²) in [5, 5.41) is 14.0. The number of aromatic amines is 1. The van der Waals surface area contributed by atoms with Gasteiger partial charge in [0.15, 0.2) is 11.5 Å². The molecule has 1 fully saturated rings. The smallest absolute Gasteiger partial charge is 0.227 e. The Morgan fingerprint density at radius 1 is 1.07 bits per heavy atom. The Hall–Kier alpha value is -3.42. The van der Waals surface area contributed by atoms with Crippen LogP contribution in [0.2, 0.25) is 0 Å². The molecule has 8 nitrogen and oxygen atoms in total. The van der Waals surface area contributed by atoms with Crippen molar-refractivity contribution >= 4 is 28.3 Å². The van der Waals surface area contributed by atoms with E-state index in [4.69, 9.17) is 0 Å². The number of benzene rings is 1. The van der Waals surface area contributed by atoms with Gasteiger partial charge >= 0.3 is 0 Å². The van der Waals surface area contributed by atoms with Crippen molar-refractivity contribution in [1.82, 2.24) is 29.7 Å². The highest BCUT2D eigenvalue weighted by Crippen LogP contribution is 2.20. The Labute approximate surface area is 168 Å². The van der Waals surface area contributed by atoms with Crippen LogP contribution in [-0.4, -0.2) is 61.8 Å². The summed E-state index contributed by atoms with van der Waals surface area (Å²) in [5.74, 6) is 1.84. The number of hydrogen-bond acceptors (Lipinski definition) is 5. The Balaban J connectivity index is 1.28. The van der Waals surface area contributed by atoms with E-state index in [1.54, 1.807) is 4.52 Å². The van der Waals surface area contributed by atoms with Crippen molar-refractivity contribution in [2.24, 2.45) is 0 Å². The van der Waals surface area contributed by atoms with E-state index in [1.807, 2.05) is 48.4 Å². The van der Waals surface area contributed by atoms with Gasteiger partial charge in [-0.05, 0) is 37.1 Å². The van der Waals surface area contributed by atoms with Crippen LogP contribution >= 0.6 is 0 Å². The minimum absolute atomic E-state index is 0.176. The first-order valence-electron chi connectivity index (χ1n) is 9.96. The fraction of sp³-hybridized carbons (Fsp3) is 0.333. The van der Waals surface area contributed by atoms with E-state index in [1.165, 1.54) is 0 Å². The van der Waals surface area contributed by atoms with Gasteiger partial charge in [0.1, 0.15) is 5.82 Å². The molecule has 1 aromatic carbocycles. The Morgan fingerprint density at radius 2 is 1.97 bits per heavy atom. The van der Waals surface area contributed by atoms with Gasteiger partial charge in [0.25, 0.3) is 0 Å². The Kier molecular flexibility index (Phi) is 4.38. The highest BCUT2D eigenvalue weighted by atomic mass is 16.2. The molecule has 1 aliphatic rings. The van der Waals surface area contributed by atoms with Gasteiger partial charge in [0, 0.05) is 43.3 Å². The number of hydrogen-bond donors (Lipinski definition) is 1. The fourth-order valence-electron chi connectivity index (χ4n) is 4.00. The molecule has 29 heavy (non-hydrogen) atoms. The number of anilines is 1. The quantitative estimate of drug-likeness (QED) is 0.581. The van der Waals surface area contributed by atoms with E-state index >= 15 is 0 Å². The largest absolute Gasteiger partial charge is 0.361 e. The van der Waals surface area contributed by atoms with Crippen LogP contribution in [0.15, 0.2) is 42.6 Å². The zero-order valence-electron chi connectivity index (χ0n) is 16.4. The average Bonchev–Trinajstić information content (AvgIpc) is 3.22. The summed E-state index contributed by atoms with van der Waals surface area (Å²) in [7, 11) is 0.